The average Bonchev–Trinajstić information content (AvgIpc) is 3.15. The van der Waals surface area contributed by atoms with Gasteiger partial charge in [0.05, 0.1) is 6.42 Å². The summed E-state index contributed by atoms with van der Waals surface area (Å²) >= 11 is 0. The first-order chi connectivity index (χ1) is 13.1. The second kappa shape index (κ2) is 8.80. The van der Waals surface area contributed by atoms with E-state index in [2.05, 4.69) is 15.7 Å². The van der Waals surface area contributed by atoms with Crippen LogP contribution in [0.4, 0.5) is 5.69 Å². The van der Waals surface area contributed by atoms with Crippen LogP contribution in [0, 0.1) is 6.92 Å². The number of hydrogen-bond donors (Lipinski definition) is 2. The number of carbonyl (C=O) groups excluding carboxylic acids is 2. The molecule has 27 heavy (non-hydrogen) atoms. The summed E-state index contributed by atoms with van der Waals surface area (Å²) in [6.07, 6.45) is 3.72. The summed E-state index contributed by atoms with van der Waals surface area (Å²) in [4.78, 5) is 24.2. The zero-order chi connectivity index (χ0) is 19.1. The van der Waals surface area contributed by atoms with Crippen LogP contribution in [0.25, 0.3) is 0 Å². The Labute approximate surface area is 158 Å². The number of nitrogens with one attached hydrogen (secondary N) is 2. The van der Waals surface area contributed by atoms with Crippen molar-refractivity contribution in [2.75, 3.05) is 5.32 Å². The van der Waals surface area contributed by atoms with Crippen molar-refractivity contribution in [3.05, 3.63) is 83.7 Å². The van der Waals surface area contributed by atoms with E-state index in [0.29, 0.717) is 18.7 Å². The number of aryl methyl sites for hydroxylation is 1. The van der Waals surface area contributed by atoms with E-state index in [1.165, 1.54) is 5.56 Å². The molecule has 0 saturated heterocycles. The molecule has 0 aliphatic carbocycles. The van der Waals surface area contributed by atoms with Gasteiger partial charge in [0.25, 0.3) is 0 Å². The number of carbonyl (C=O) groups is 2. The Morgan fingerprint density at radius 3 is 2.56 bits per heavy atom. The smallest absolute Gasteiger partial charge is 0.246 e. The molecule has 6 heteroatoms. The van der Waals surface area contributed by atoms with Gasteiger partial charge < -0.3 is 10.6 Å². The van der Waals surface area contributed by atoms with E-state index < -0.39 is 0 Å². The van der Waals surface area contributed by atoms with Gasteiger partial charge in [0.1, 0.15) is 6.54 Å². The Hall–Kier alpha value is -3.41. The fourth-order valence-corrected chi connectivity index (χ4v) is 2.66. The summed E-state index contributed by atoms with van der Waals surface area (Å²) in [7, 11) is 0. The average molecular weight is 362 g/mol. The molecular formula is C21H22N4O2. The van der Waals surface area contributed by atoms with Crippen LogP contribution in [-0.2, 0) is 29.1 Å². The van der Waals surface area contributed by atoms with Gasteiger partial charge in [-0.2, -0.15) is 5.10 Å². The molecule has 0 unspecified atom stereocenters. The molecule has 0 atom stereocenters. The number of aromatic nitrogens is 2. The van der Waals surface area contributed by atoms with Gasteiger partial charge in [-0.05, 0) is 36.2 Å². The molecule has 2 amide bonds. The Kier molecular flexibility index (Phi) is 5.99. The van der Waals surface area contributed by atoms with Gasteiger partial charge in [0.2, 0.25) is 11.8 Å². The summed E-state index contributed by atoms with van der Waals surface area (Å²) in [5.41, 5.74) is 3.77. The predicted octanol–water partition coefficient (Wildman–Crippen LogP) is 2.69. The largest absolute Gasteiger partial charge is 0.352 e. The lowest BCUT2D eigenvalue weighted by atomic mass is 10.1. The van der Waals surface area contributed by atoms with E-state index in [-0.39, 0.29) is 18.4 Å². The number of nitrogens with zero attached hydrogens (tertiary/aromatic N) is 2. The van der Waals surface area contributed by atoms with Gasteiger partial charge in [-0.1, -0.05) is 42.0 Å². The van der Waals surface area contributed by atoms with Gasteiger partial charge in [-0.25, -0.2) is 0 Å². The fraction of sp³-hybridized carbons (Fsp3) is 0.190. The Bertz CT molecular complexity index is 902. The summed E-state index contributed by atoms with van der Waals surface area (Å²) in [5.74, 6) is -0.189. The zero-order valence-corrected chi connectivity index (χ0v) is 15.2. The number of anilines is 1. The Balaban J connectivity index is 1.50. The van der Waals surface area contributed by atoms with Crippen molar-refractivity contribution in [1.82, 2.24) is 15.1 Å². The molecule has 0 spiro atoms. The number of amides is 2. The molecule has 0 fully saturated rings. The van der Waals surface area contributed by atoms with E-state index in [1.54, 1.807) is 23.1 Å². The number of rotatable bonds is 7. The topological polar surface area (TPSA) is 76.0 Å². The monoisotopic (exact) mass is 362 g/mol. The summed E-state index contributed by atoms with van der Waals surface area (Å²) in [5, 5.41) is 9.77. The zero-order valence-electron chi connectivity index (χ0n) is 15.2. The van der Waals surface area contributed by atoms with Crippen molar-refractivity contribution < 1.29 is 9.59 Å². The van der Waals surface area contributed by atoms with E-state index in [9.17, 15) is 9.59 Å². The third-order valence-electron chi connectivity index (χ3n) is 4.05. The Morgan fingerprint density at radius 2 is 1.81 bits per heavy atom. The maximum absolute atomic E-state index is 12.1. The first-order valence-electron chi connectivity index (χ1n) is 8.77. The van der Waals surface area contributed by atoms with Gasteiger partial charge in [0.15, 0.2) is 0 Å². The molecule has 2 N–H and O–H groups in total. The van der Waals surface area contributed by atoms with Crippen LogP contribution in [-0.4, -0.2) is 21.6 Å². The van der Waals surface area contributed by atoms with E-state index >= 15 is 0 Å². The van der Waals surface area contributed by atoms with Crippen LogP contribution in [0.5, 0.6) is 0 Å². The minimum Gasteiger partial charge on any atom is -0.352 e. The van der Waals surface area contributed by atoms with Gasteiger partial charge in [-0.15, -0.1) is 0 Å². The lowest BCUT2D eigenvalue weighted by Crippen LogP contribution is -2.24. The second-order valence-electron chi connectivity index (χ2n) is 6.39. The predicted molar refractivity (Wildman–Crippen MR) is 104 cm³/mol. The second-order valence-corrected chi connectivity index (χ2v) is 6.39. The van der Waals surface area contributed by atoms with Crippen molar-refractivity contribution in [1.29, 1.82) is 0 Å². The van der Waals surface area contributed by atoms with Crippen LogP contribution < -0.4 is 10.6 Å². The highest BCUT2D eigenvalue weighted by Crippen LogP contribution is 2.11. The van der Waals surface area contributed by atoms with Crippen molar-refractivity contribution in [2.45, 2.75) is 26.4 Å². The molecule has 1 heterocycles. The molecule has 0 bridgehead atoms. The van der Waals surface area contributed by atoms with Gasteiger partial charge >= 0.3 is 0 Å². The highest BCUT2D eigenvalue weighted by Gasteiger charge is 2.06. The molecule has 6 nitrogen and oxygen atoms in total. The highest BCUT2D eigenvalue weighted by atomic mass is 16.2. The van der Waals surface area contributed by atoms with Crippen LogP contribution in [0.2, 0.25) is 0 Å². The van der Waals surface area contributed by atoms with Crippen LogP contribution >= 0.6 is 0 Å². The van der Waals surface area contributed by atoms with Crippen molar-refractivity contribution in [2.24, 2.45) is 0 Å². The summed E-state index contributed by atoms with van der Waals surface area (Å²) in [6, 6.07) is 17.1. The SMILES string of the molecule is Cc1ccc(CC(=O)NCc2cccc(NC(=O)Cn3cccn3)c2)cc1. The van der Waals surface area contributed by atoms with Crippen molar-refractivity contribution in [3.63, 3.8) is 0 Å². The van der Waals surface area contributed by atoms with E-state index in [4.69, 9.17) is 0 Å². The normalized spacial score (nSPS) is 10.4. The van der Waals surface area contributed by atoms with Gasteiger partial charge in [0, 0.05) is 24.6 Å². The van der Waals surface area contributed by atoms with E-state index in [1.807, 2.05) is 55.5 Å². The lowest BCUT2D eigenvalue weighted by molar-refractivity contribution is -0.120. The summed E-state index contributed by atoms with van der Waals surface area (Å²) < 4.78 is 1.56. The van der Waals surface area contributed by atoms with Crippen molar-refractivity contribution in [3.8, 4) is 0 Å². The molecule has 0 aliphatic rings. The van der Waals surface area contributed by atoms with Crippen molar-refractivity contribution >= 4 is 17.5 Å². The maximum Gasteiger partial charge on any atom is 0.246 e. The van der Waals surface area contributed by atoms with Crippen LogP contribution in [0.15, 0.2) is 67.0 Å². The van der Waals surface area contributed by atoms with E-state index in [0.717, 1.165) is 11.1 Å². The molecule has 0 radical (unpaired) electrons. The number of benzene rings is 2. The molecule has 3 rings (SSSR count). The van der Waals surface area contributed by atoms with Crippen LogP contribution in [0.1, 0.15) is 16.7 Å². The maximum atomic E-state index is 12.1. The molecule has 2 aromatic carbocycles. The lowest BCUT2D eigenvalue weighted by Gasteiger charge is -2.09. The molecular weight excluding hydrogens is 340 g/mol. The molecule has 1 aromatic heterocycles. The third kappa shape index (κ3) is 5.81. The Morgan fingerprint density at radius 1 is 1.00 bits per heavy atom. The molecule has 0 aliphatic heterocycles. The standard InChI is InChI=1S/C21H22N4O2/c1-16-6-8-17(9-7-16)13-20(26)22-14-18-4-2-5-19(12-18)24-21(27)15-25-11-3-10-23-25/h2-12H,13-15H2,1H3,(H,22,26)(H,24,27). The minimum atomic E-state index is -0.153. The highest BCUT2D eigenvalue weighted by molar-refractivity contribution is 5.90. The quantitative estimate of drug-likeness (QED) is 0.678. The molecule has 3 aromatic rings. The molecule has 0 saturated carbocycles. The fourth-order valence-electron chi connectivity index (χ4n) is 2.66. The third-order valence-corrected chi connectivity index (χ3v) is 4.05. The van der Waals surface area contributed by atoms with Gasteiger partial charge in [-0.3, -0.25) is 14.3 Å². The van der Waals surface area contributed by atoms with Crippen LogP contribution in [0.3, 0.4) is 0 Å². The first-order valence-corrected chi connectivity index (χ1v) is 8.77. The summed E-state index contributed by atoms with van der Waals surface area (Å²) in [6.45, 7) is 2.59. The first kappa shape index (κ1) is 18.4. The minimum absolute atomic E-state index is 0.0352. The molecule has 138 valence electrons. The number of hydrogen-bond acceptors (Lipinski definition) is 3.